The molecule has 1 aliphatic heterocycles. The van der Waals surface area contributed by atoms with Gasteiger partial charge in [0.25, 0.3) is 0 Å². The van der Waals surface area contributed by atoms with Gasteiger partial charge < -0.3 is 24.7 Å². The highest BCUT2D eigenvalue weighted by atomic mass is 16.6. The summed E-state index contributed by atoms with van der Waals surface area (Å²) in [6.45, 7) is 5.66. The van der Waals surface area contributed by atoms with Gasteiger partial charge in [0.1, 0.15) is 0 Å². The summed E-state index contributed by atoms with van der Waals surface area (Å²) in [4.78, 5) is 32.2. The fraction of sp³-hybridized carbons (Fsp3) is 0.636. The van der Waals surface area contributed by atoms with Crippen LogP contribution in [0.4, 0.5) is 16.4 Å². The maximum atomic E-state index is 11.6. The summed E-state index contributed by atoms with van der Waals surface area (Å²) < 4.78 is 4.93. The molecule has 20 heavy (non-hydrogen) atoms. The Labute approximate surface area is 115 Å². The number of anilines is 1. The molecule has 1 aromatic heterocycles. The molecule has 9 nitrogen and oxygen atoms in total. The molecule has 0 saturated carbocycles. The molecule has 0 unspecified atom stereocenters. The first-order valence-corrected chi connectivity index (χ1v) is 6.40. The van der Waals surface area contributed by atoms with Gasteiger partial charge in [0.05, 0.1) is 6.61 Å². The second kappa shape index (κ2) is 5.76. The summed E-state index contributed by atoms with van der Waals surface area (Å²) in [6.07, 6.45) is -0.347. The van der Waals surface area contributed by atoms with E-state index in [0.29, 0.717) is 44.4 Å². The molecule has 0 aromatic carbocycles. The van der Waals surface area contributed by atoms with Crippen LogP contribution in [0.1, 0.15) is 12.7 Å². The van der Waals surface area contributed by atoms with Gasteiger partial charge in [0, 0.05) is 33.1 Å². The third-order valence-corrected chi connectivity index (χ3v) is 3.07. The van der Waals surface area contributed by atoms with Crippen LogP contribution in [-0.4, -0.2) is 58.7 Å². The number of rotatable bonds is 3. The van der Waals surface area contributed by atoms with Crippen LogP contribution >= 0.6 is 0 Å². The summed E-state index contributed by atoms with van der Waals surface area (Å²) in [5.41, 5.74) is 0. The van der Waals surface area contributed by atoms with E-state index in [1.165, 1.54) is 0 Å². The molecule has 1 aromatic rings. The van der Waals surface area contributed by atoms with Gasteiger partial charge in [0.2, 0.25) is 5.82 Å². The van der Waals surface area contributed by atoms with E-state index in [-0.39, 0.29) is 11.9 Å². The second-order valence-corrected chi connectivity index (χ2v) is 4.42. The Bertz CT molecular complexity index is 507. The maximum absolute atomic E-state index is 11.6. The standard InChI is InChI=1S/C11H17N5O4/c1-3-20-11(17)15-6-4-14(5-7-15)9-10(16(18)19)13-8(2)12-9/h3-7H2,1-2H3,(H,12,13). The van der Waals surface area contributed by atoms with Gasteiger partial charge >= 0.3 is 11.9 Å². The van der Waals surface area contributed by atoms with Gasteiger partial charge in [-0.15, -0.1) is 0 Å². The highest BCUT2D eigenvalue weighted by Gasteiger charge is 2.28. The molecule has 1 fully saturated rings. The SMILES string of the molecule is CCOC(=O)N1CCN(c2nc(C)[nH]c2[N+](=O)[O-])CC1. The van der Waals surface area contributed by atoms with E-state index in [0.717, 1.165) is 0 Å². The number of aryl methyl sites for hydroxylation is 1. The zero-order valence-corrected chi connectivity index (χ0v) is 11.5. The highest BCUT2D eigenvalue weighted by Crippen LogP contribution is 2.25. The number of nitro groups is 1. The summed E-state index contributed by atoms with van der Waals surface area (Å²) in [7, 11) is 0. The molecule has 1 amide bonds. The third-order valence-electron chi connectivity index (χ3n) is 3.07. The Hall–Kier alpha value is -2.32. The number of nitrogens with one attached hydrogen (secondary N) is 1. The molecule has 0 bridgehead atoms. The van der Waals surface area contributed by atoms with Crippen molar-refractivity contribution in [2.45, 2.75) is 13.8 Å². The minimum Gasteiger partial charge on any atom is -0.450 e. The number of ether oxygens (including phenoxy) is 1. The van der Waals surface area contributed by atoms with E-state index in [1.54, 1.807) is 23.6 Å². The van der Waals surface area contributed by atoms with Crippen LogP contribution in [-0.2, 0) is 4.74 Å². The van der Waals surface area contributed by atoms with E-state index in [4.69, 9.17) is 4.74 Å². The summed E-state index contributed by atoms with van der Waals surface area (Å²) in [5.74, 6) is 0.725. The van der Waals surface area contributed by atoms with Gasteiger partial charge in [-0.25, -0.2) is 9.78 Å². The van der Waals surface area contributed by atoms with E-state index in [2.05, 4.69) is 9.97 Å². The molecule has 0 aliphatic carbocycles. The van der Waals surface area contributed by atoms with E-state index in [9.17, 15) is 14.9 Å². The van der Waals surface area contributed by atoms with Gasteiger partial charge in [-0.05, 0) is 11.8 Å². The molecule has 0 atom stereocenters. The molecule has 0 spiro atoms. The molecule has 110 valence electrons. The van der Waals surface area contributed by atoms with Crippen LogP contribution in [0.15, 0.2) is 0 Å². The zero-order chi connectivity index (χ0) is 14.7. The lowest BCUT2D eigenvalue weighted by Gasteiger charge is -2.33. The number of hydrogen-bond acceptors (Lipinski definition) is 6. The Morgan fingerprint density at radius 1 is 1.45 bits per heavy atom. The minimum atomic E-state index is -0.479. The van der Waals surface area contributed by atoms with Crippen molar-refractivity contribution in [2.75, 3.05) is 37.7 Å². The minimum absolute atomic E-state index is 0.105. The monoisotopic (exact) mass is 283 g/mol. The Morgan fingerprint density at radius 3 is 2.65 bits per heavy atom. The summed E-state index contributed by atoms with van der Waals surface area (Å²) in [5, 5.41) is 11.0. The van der Waals surface area contributed by atoms with Crippen molar-refractivity contribution >= 4 is 17.7 Å². The Balaban J connectivity index is 2.04. The molecule has 2 heterocycles. The lowest BCUT2D eigenvalue weighted by atomic mass is 10.3. The predicted molar refractivity (Wildman–Crippen MR) is 70.8 cm³/mol. The number of amides is 1. The third kappa shape index (κ3) is 2.81. The van der Waals surface area contributed by atoms with Crippen molar-refractivity contribution in [1.82, 2.24) is 14.9 Å². The largest absolute Gasteiger partial charge is 0.450 e. The van der Waals surface area contributed by atoms with Crippen LogP contribution in [0, 0.1) is 17.0 Å². The van der Waals surface area contributed by atoms with Gasteiger partial charge in [-0.1, -0.05) is 0 Å². The number of imidazole rings is 1. The van der Waals surface area contributed by atoms with Crippen molar-refractivity contribution in [3.63, 3.8) is 0 Å². The first-order valence-electron chi connectivity index (χ1n) is 6.40. The smallest absolute Gasteiger partial charge is 0.409 e. The topological polar surface area (TPSA) is 105 Å². The summed E-state index contributed by atoms with van der Waals surface area (Å²) >= 11 is 0. The Morgan fingerprint density at radius 2 is 2.10 bits per heavy atom. The van der Waals surface area contributed by atoms with Crippen LogP contribution in [0.2, 0.25) is 0 Å². The second-order valence-electron chi connectivity index (χ2n) is 4.42. The van der Waals surface area contributed by atoms with Crippen molar-refractivity contribution < 1.29 is 14.5 Å². The number of piperazine rings is 1. The lowest BCUT2D eigenvalue weighted by molar-refractivity contribution is -0.388. The summed E-state index contributed by atoms with van der Waals surface area (Å²) in [6, 6.07) is 0. The molecule has 1 aliphatic rings. The number of aromatic amines is 1. The van der Waals surface area contributed by atoms with E-state index in [1.807, 2.05) is 0 Å². The average Bonchev–Trinajstić information content (AvgIpc) is 2.81. The van der Waals surface area contributed by atoms with Crippen LogP contribution < -0.4 is 4.90 Å². The number of hydrogen-bond donors (Lipinski definition) is 1. The fourth-order valence-electron chi connectivity index (χ4n) is 2.13. The Kier molecular flexibility index (Phi) is 4.06. The van der Waals surface area contributed by atoms with Crippen molar-refractivity contribution in [3.05, 3.63) is 15.9 Å². The number of aromatic nitrogens is 2. The molecule has 1 N–H and O–H groups in total. The number of carbonyl (C=O) groups is 1. The van der Waals surface area contributed by atoms with Crippen molar-refractivity contribution in [2.24, 2.45) is 0 Å². The van der Waals surface area contributed by atoms with Crippen LogP contribution in [0.5, 0.6) is 0 Å². The van der Waals surface area contributed by atoms with Crippen molar-refractivity contribution in [1.29, 1.82) is 0 Å². The van der Waals surface area contributed by atoms with E-state index >= 15 is 0 Å². The first kappa shape index (κ1) is 14.1. The fourth-order valence-corrected chi connectivity index (χ4v) is 2.13. The van der Waals surface area contributed by atoms with E-state index < -0.39 is 4.92 Å². The molecule has 2 rings (SSSR count). The predicted octanol–water partition coefficient (Wildman–Crippen LogP) is 0.905. The van der Waals surface area contributed by atoms with Crippen LogP contribution in [0.25, 0.3) is 0 Å². The zero-order valence-electron chi connectivity index (χ0n) is 11.5. The molecule has 9 heteroatoms. The number of nitrogens with zero attached hydrogens (tertiary/aromatic N) is 4. The lowest BCUT2D eigenvalue weighted by Crippen LogP contribution is -2.49. The normalized spacial score (nSPS) is 15.3. The maximum Gasteiger partial charge on any atom is 0.409 e. The molecule has 1 saturated heterocycles. The average molecular weight is 283 g/mol. The van der Waals surface area contributed by atoms with Gasteiger partial charge in [0.15, 0.2) is 5.82 Å². The number of carbonyl (C=O) groups excluding carboxylic acids is 1. The highest BCUT2D eigenvalue weighted by molar-refractivity contribution is 5.68. The number of H-pyrrole nitrogens is 1. The molecule has 0 radical (unpaired) electrons. The van der Waals surface area contributed by atoms with Gasteiger partial charge in [-0.2, -0.15) is 4.98 Å². The molecular weight excluding hydrogens is 266 g/mol. The van der Waals surface area contributed by atoms with Crippen LogP contribution in [0.3, 0.4) is 0 Å². The molecular formula is C11H17N5O4. The first-order chi connectivity index (χ1) is 9.52. The van der Waals surface area contributed by atoms with Gasteiger partial charge in [-0.3, -0.25) is 0 Å². The quantitative estimate of drug-likeness (QED) is 0.653. The van der Waals surface area contributed by atoms with Crippen molar-refractivity contribution in [3.8, 4) is 0 Å².